The van der Waals surface area contributed by atoms with E-state index in [2.05, 4.69) is 12.2 Å². The Morgan fingerprint density at radius 1 is 1.39 bits per heavy atom. The lowest BCUT2D eigenvalue weighted by atomic mass is 10.1. The van der Waals surface area contributed by atoms with Crippen molar-refractivity contribution in [3.63, 3.8) is 0 Å². The molecule has 1 N–H and O–H groups in total. The second-order valence-corrected chi connectivity index (χ2v) is 6.02. The van der Waals surface area contributed by atoms with Crippen LogP contribution in [0, 0.1) is 6.92 Å². The van der Waals surface area contributed by atoms with Gasteiger partial charge in [0, 0.05) is 20.0 Å². The zero-order chi connectivity index (χ0) is 16.8. The molecule has 1 heterocycles. The summed E-state index contributed by atoms with van der Waals surface area (Å²) in [5.41, 5.74) is 2.16. The first kappa shape index (κ1) is 17.3. The summed E-state index contributed by atoms with van der Waals surface area (Å²) in [4.78, 5) is 25.5. The molecule has 1 atom stereocenters. The Bertz CT molecular complexity index is 571. The molecule has 1 aromatic carbocycles. The second-order valence-electron chi connectivity index (χ2n) is 6.02. The Hall–Kier alpha value is -2.04. The van der Waals surface area contributed by atoms with Gasteiger partial charge in [0.2, 0.25) is 11.8 Å². The third-order valence-corrected chi connectivity index (χ3v) is 4.20. The van der Waals surface area contributed by atoms with Crippen LogP contribution in [0.1, 0.15) is 44.2 Å². The van der Waals surface area contributed by atoms with E-state index in [1.165, 1.54) is 6.92 Å². The van der Waals surface area contributed by atoms with E-state index in [1.54, 1.807) is 4.90 Å². The fraction of sp³-hybridized carbons (Fsp3) is 0.556. The van der Waals surface area contributed by atoms with Crippen molar-refractivity contribution in [2.45, 2.75) is 52.6 Å². The van der Waals surface area contributed by atoms with Crippen LogP contribution >= 0.6 is 0 Å². The van der Waals surface area contributed by atoms with E-state index in [-0.39, 0.29) is 17.9 Å². The SMILES string of the molecule is CCCOc1ccc(CNC(=O)[C@H]2CCCN2C(C)=O)c(C)c1. The van der Waals surface area contributed by atoms with Crippen molar-refractivity contribution in [1.82, 2.24) is 10.2 Å². The molecule has 1 aromatic rings. The summed E-state index contributed by atoms with van der Waals surface area (Å²) in [5, 5.41) is 2.96. The highest BCUT2D eigenvalue weighted by atomic mass is 16.5. The lowest BCUT2D eigenvalue weighted by Gasteiger charge is -2.22. The minimum absolute atomic E-state index is 0.0312. The first-order valence-corrected chi connectivity index (χ1v) is 8.30. The highest BCUT2D eigenvalue weighted by Crippen LogP contribution is 2.19. The largest absolute Gasteiger partial charge is 0.494 e. The molecule has 5 nitrogen and oxygen atoms in total. The molecule has 1 aliphatic heterocycles. The first-order valence-electron chi connectivity index (χ1n) is 8.30. The fourth-order valence-corrected chi connectivity index (χ4v) is 2.89. The van der Waals surface area contributed by atoms with E-state index in [9.17, 15) is 9.59 Å². The van der Waals surface area contributed by atoms with Crippen LogP contribution in [0.3, 0.4) is 0 Å². The Kier molecular flexibility index (Phi) is 6.02. The second kappa shape index (κ2) is 7.99. The summed E-state index contributed by atoms with van der Waals surface area (Å²) in [7, 11) is 0. The summed E-state index contributed by atoms with van der Waals surface area (Å²) in [5.74, 6) is 0.762. The normalized spacial score (nSPS) is 17.2. The summed E-state index contributed by atoms with van der Waals surface area (Å²) in [6, 6.07) is 5.59. The standard InChI is InChI=1S/C18H26N2O3/c1-4-10-23-16-8-7-15(13(2)11-16)12-19-18(22)17-6-5-9-20(17)14(3)21/h7-8,11,17H,4-6,9-10,12H2,1-3H3,(H,19,22)/t17-/m1/s1. The monoisotopic (exact) mass is 318 g/mol. The number of nitrogens with one attached hydrogen (secondary N) is 1. The average Bonchev–Trinajstić information content (AvgIpc) is 3.01. The number of rotatable bonds is 6. The molecule has 0 radical (unpaired) electrons. The highest BCUT2D eigenvalue weighted by Gasteiger charge is 2.32. The van der Waals surface area contributed by atoms with Crippen LogP contribution in [0.2, 0.25) is 0 Å². The van der Waals surface area contributed by atoms with Gasteiger partial charge in [-0.05, 0) is 49.4 Å². The number of ether oxygens (including phenoxy) is 1. The van der Waals surface area contributed by atoms with Crippen LogP contribution in [-0.2, 0) is 16.1 Å². The zero-order valence-electron chi connectivity index (χ0n) is 14.2. The van der Waals surface area contributed by atoms with Gasteiger partial charge < -0.3 is 15.0 Å². The van der Waals surface area contributed by atoms with E-state index in [0.29, 0.717) is 19.7 Å². The lowest BCUT2D eigenvalue weighted by Crippen LogP contribution is -2.44. The molecular formula is C18H26N2O3. The van der Waals surface area contributed by atoms with Gasteiger partial charge >= 0.3 is 0 Å². The van der Waals surface area contributed by atoms with Gasteiger partial charge in [-0.2, -0.15) is 0 Å². The Balaban J connectivity index is 1.92. The molecule has 1 aliphatic rings. The molecule has 0 bridgehead atoms. The van der Waals surface area contributed by atoms with Crippen LogP contribution in [0.4, 0.5) is 0 Å². The fourth-order valence-electron chi connectivity index (χ4n) is 2.89. The maximum absolute atomic E-state index is 12.3. The predicted molar refractivity (Wildman–Crippen MR) is 89.2 cm³/mol. The first-order chi connectivity index (χ1) is 11.0. The van der Waals surface area contributed by atoms with Crippen molar-refractivity contribution < 1.29 is 14.3 Å². The van der Waals surface area contributed by atoms with Gasteiger partial charge in [0.15, 0.2) is 0 Å². The topological polar surface area (TPSA) is 58.6 Å². The van der Waals surface area contributed by atoms with Crippen molar-refractivity contribution >= 4 is 11.8 Å². The zero-order valence-corrected chi connectivity index (χ0v) is 14.2. The molecule has 2 amide bonds. The summed E-state index contributed by atoms with van der Waals surface area (Å²) >= 11 is 0. The van der Waals surface area contributed by atoms with Crippen LogP contribution in [0.5, 0.6) is 5.75 Å². The van der Waals surface area contributed by atoms with Crippen molar-refractivity contribution in [3.05, 3.63) is 29.3 Å². The molecule has 0 unspecified atom stereocenters. The maximum atomic E-state index is 12.3. The van der Waals surface area contributed by atoms with Gasteiger partial charge in [-0.25, -0.2) is 0 Å². The van der Waals surface area contributed by atoms with Crippen LogP contribution in [0.25, 0.3) is 0 Å². The number of carbonyl (C=O) groups excluding carboxylic acids is 2. The van der Waals surface area contributed by atoms with E-state index < -0.39 is 0 Å². The molecule has 0 aliphatic carbocycles. The molecule has 23 heavy (non-hydrogen) atoms. The number of nitrogens with zero attached hydrogens (tertiary/aromatic N) is 1. The third-order valence-electron chi connectivity index (χ3n) is 4.20. The quantitative estimate of drug-likeness (QED) is 0.876. The molecule has 0 aromatic heterocycles. The predicted octanol–water partition coefficient (Wildman–Crippen LogP) is 2.41. The van der Waals surface area contributed by atoms with Gasteiger partial charge in [0.1, 0.15) is 11.8 Å². The van der Waals surface area contributed by atoms with Crippen LogP contribution < -0.4 is 10.1 Å². The van der Waals surface area contributed by atoms with Gasteiger partial charge in [0.25, 0.3) is 0 Å². The average molecular weight is 318 g/mol. The van der Waals surface area contributed by atoms with E-state index in [1.807, 2.05) is 25.1 Å². The molecular weight excluding hydrogens is 292 g/mol. The van der Waals surface area contributed by atoms with E-state index in [0.717, 1.165) is 36.1 Å². The molecule has 1 fully saturated rings. The van der Waals surface area contributed by atoms with Gasteiger partial charge in [-0.1, -0.05) is 13.0 Å². The van der Waals surface area contributed by atoms with Crippen LogP contribution in [-0.4, -0.2) is 35.9 Å². The number of hydrogen-bond acceptors (Lipinski definition) is 3. The molecule has 0 saturated carbocycles. The lowest BCUT2D eigenvalue weighted by molar-refractivity contribution is -0.136. The van der Waals surface area contributed by atoms with E-state index in [4.69, 9.17) is 4.74 Å². The minimum atomic E-state index is -0.319. The smallest absolute Gasteiger partial charge is 0.243 e. The molecule has 1 saturated heterocycles. The highest BCUT2D eigenvalue weighted by molar-refractivity contribution is 5.87. The summed E-state index contributed by atoms with van der Waals surface area (Å²) < 4.78 is 5.61. The Morgan fingerprint density at radius 3 is 2.83 bits per heavy atom. The summed E-state index contributed by atoms with van der Waals surface area (Å²) in [6.07, 6.45) is 2.61. The van der Waals surface area contributed by atoms with Gasteiger partial charge in [-0.3, -0.25) is 9.59 Å². The molecule has 2 rings (SSSR count). The minimum Gasteiger partial charge on any atom is -0.494 e. The van der Waals surface area contributed by atoms with Crippen molar-refractivity contribution in [2.24, 2.45) is 0 Å². The Labute approximate surface area is 138 Å². The Morgan fingerprint density at radius 2 is 2.17 bits per heavy atom. The molecule has 5 heteroatoms. The molecule has 126 valence electrons. The number of hydrogen-bond donors (Lipinski definition) is 1. The third kappa shape index (κ3) is 4.47. The van der Waals surface area contributed by atoms with Gasteiger partial charge in [-0.15, -0.1) is 0 Å². The summed E-state index contributed by atoms with van der Waals surface area (Å²) in [6.45, 7) is 7.46. The molecule has 0 spiro atoms. The van der Waals surface area contributed by atoms with Crippen molar-refractivity contribution in [1.29, 1.82) is 0 Å². The number of likely N-dealkylation sites (tertiary alicyclic amines) is 1. The van der Waals surface area contributed by atoms with Crippen molar-refractivity contribution in [2.75, 3.05) is 13.2 Å². The number of aryl methyl sites for hydroxylation is 1. The number of benzene rings is 1. The van der Waals surface area contributed by atoms with E-state index >= 15 is 0 Å². The van der Waals surface area contributed by atoms with Crippen molar-refractivity contribution in [3.8, 4) is 5.75 Å². The van der Waals surface area contributed by atoms with Crippen LogP contribution in [0.15, 0.2) is 18.2 Å². The number of carbonyl (C=O) groups is 2. The van der Waals surface area contributed by atoms with Gasteiger partial charge in [0.05, 0.1) is 6.61 Å². The number of amides is 2. The maximum Gasteiger partial charge on any atom is 0.243 e.